The van der Waals surface area contributed by atoms with E-state index < -0.39 is 11.8 Å². The number of aryl methyl sites for hydroxylation is 1. The molecule has 0 radical (unpaired) electrons. The molecule has 0 N–H and O–H groups in total. The van der Waals surface area contributed by atoms with E-state index in [1.54, 1.807) is 49.6 Å². The van der Waals surface area contributed by atoms with Gasteiger partial charge in [0.1, 0.15) is 23.9 Å². The Kier molecular flexibility index (Phi) is 5.04. The maximum Gasteiger partial charge on any atom is 0.346 e. The maximum absolute atomic E-state index is 13.7. The van der Waals surface area contributed by atoms with Gasteiger partial charge in [-0.05, 0) is 61.0 Å². The molecule has 0 atom stereocenters. The molecule has 0 fully saturated rings. The van der Waals surface area contributed by atoms with E-state index in [0.29, 0.717) is 18.1 Å². The van der Waals surface area contributed by atoms with Crippen molar-refractivity contribution >= 4 is 5.97 Å². The molecule has 126 valence electrons. The van der Waals surface area contributed by atoms with Crippen LogP contribution in [0.4, 0.5) is 4.39 Å². The normalized spacial score (nSPS) is 10.3. The predicted molar refractivity (Wildman–Crippen MR) is 91.1 cm³/mol. The van der Waals surface area contributed by atoms with Crippen molar-refractivity contribution in [2.45, 2.75) is 13.5 Å². The lowest BCUT2D eigenvalue weighted by Gasteiger charge is -2.08. The molecule has 0 amide bonds. The topological polar surface area (TPSA) is 48.4 Å². The minimum Gasteiger partial charge on any atom is -0.489 e. The maximum atomic E-state index is 13.7. The zero-order valence-corrected chi connectivity index (χ0v) is 13.6. The Balaban J connectivity index is 1.62. The van der Waals surface area contributed by atoms with Crippen molar-refractivity contribution in [2.24, 2.45) is 0 Å². The Morgan fingerprint density at radius 3 is 2.40 bits per heavy atom. The first-order chi connectivity index (χ1) is 12.1. The van der Waals surface area contributed by atoms with Gasteiger partial charge >= 0.3 is 5.97 Å². The van der Waals surface area contributed by atoms with Gasteiger partial charge in [0, 0.05) is 12.4 Å². The van der Waals surface area contributed by atoms with Crippen LogP contribution in [-0.4, -0.2) is 11.0 Å². The summed E-state index contributed by atoms with van der Waals surface area (Å²) >= 11 is 0. The Labute approximate surface area is 144 Å². The second-order valence-electron chi connectivity index (χ2n) is 5.49. The fourth-order valence-corrected chi connectivity index (χ4v) is 2.21. The summed E-state index contributed by atoms with van der Waals surface area (Å²) in [6.07, 6.45) is 3.40. The molecular formula is C20H16FNO3. The summed E-state index contributed by atoms with van der Waals surface area (Å²) in [6, 6.07) is 14.6. The summed E-state index contributed by atoms with van der Waals surface area (Å²) in [5.41, 5.74) is 1.70. The molecule has 25 heavy (non-hydrogen) atoms. The molecule has 4 nitrogen and oxygen atoms in total. The number of carbonyl (C=O) groups excluding carboxylic acids is 1. The molecule has 1 aromatic heterocycles. The van der Waals surface area contributed by atoms with Gasteiger partial charge in [0.25, 0.3) is 0 Å². The van der Waals surface area contributed by atoms with Gasteiger partial charge in [0.2, 0.25) is 0 Å². The average Bonchev–Trinajstić information content (AvgIpc) is 2.64. The first kappa shape index (κ1) is 16.6. The van der Waals surface area contributed by atoms with Gasteiger partial charge in [-0.2, -0.15) is 0 Å². The minimum atomic E-state index is -0.730. The summed E-state index contributed by atoms with van der Waals surface area (Å²) in [5, 5.41) is 0. The number of hydrogen-bond donors (Lipinski definition) is 0. The van der Waals surface area contributed by atoms with E-state index in [0.717, 1.165) is 11.1 Å². The molecule has 0 spiro atoms. The summed E-state index contributed by atoms with van der Waals surface area (Å²) in [5.74, 6) is -0.375. The number of hydrogen-bond acceptors (Lipinski definition) is 4. The van der Waals surface area contributed by atoms with Crippen molar-refractivity contribution < 1.29 is 18.7 Å². The third-order valence-corrected chi connectivity index (χ3v) is 3.53. The highest BCUT2D eigenvalue weighted by molar-refractivity contribution is 5.91. The van der Waals surface area contributed by atoms with Crippen LogP contribution in [0, 0.1) is 12.7 Å². The van der Waals surface area contributed by atoms with Gasteiger partial charge in [0.05, 0.1) is 5.56 Å². The minimum absolute atomic E-state index is 0.0852. The van der Waals surface area contributed by atoms with E-state index in [1.807, 2.05) is 12.1 Å². The molecule has 0 saturated heterocycles. The molecule has 0 aliphatic carbocycles. The Morgan fingerprint density at radius 2 is 1.68 bits per heavy atom. The molecule has 3 rings (SSSR count). The van der Waals surface area contributed by atoms with E-state index in [2.05, 4.69) is 4.98 Å². The van der Waals surface area contributed by atoms with Crippen molar-refractivity contribution in [1.82, 2.24) is 4.98 Å². The lowest BCUT2D eigenvalue weighted by molar-refractivity contribution is 0.0729. The molecule has 0 saturated carbocycles. The summed E-state index contributed by atoms with van der Waals surface area (Å²) in [6.45, 7) is 2.20. The van der Waals surface area contributed by atoms with Gasteiger partial charge in [-0.1, -0.05) is 11.6 Å². The molecule has 0 unspecified atom stereocenters. The number of pyridine rings is 1. The predicted octanol–water partition coefficient (Wildman–Crippen LogP) is 4.33. The van der Waals surface area contributed by atoms with Gasteiger partial charge in [0.15, 0.2) is 0 Å². The van der Waals surface area contributed by atoms with Crippen LogP contribution < -0.4 is 9.47 Å². The van der Waals surface area contributed by atoms with Crippen LogP contribution in [0.3, 0.4) is 0 Å². The Morgan fingerprint density at radius 1 is 1.00 bits per heavy atom. The van der Waals surface area contributed by atoms with Gasteiger partial charge in [-0.15, -0.1) is 0 Å². The largest absolute Gasteiger partial charge is 0.489 e. The average molecular weight is 337 g/mol. The van der Waals surface area contributed by atoms with Gasteiger partial charge in [-0.3, -0.25) is 4.98 Å². The summed E-state index contributed by atoms with van der Waals surface area (Å²) in [7, 11) is 0. The van der Waals surface area contributed by atoms with Crippen LogP contribution in [0.15, 0.2) is 67.0 Å². The van der Waals surface area contributed by atoms with E-state index >= 15 is 0 Å². The van der Waals surface area contributed by atoms with Crippen LogP contribution in [-0.2, 0) is 6.61 Å². The molecule has 0 aliphatic heterocycles. The highest BCUT2D eigenvalue weighted by Crippen LogP contribution is 2.20. The number of rotatable bonds is 5. The standard InChI is InChI=1S/C20H16FNO3/c1-14-2-7-19(21)18(12-14)20(23)25-17-5-3-16(4-6-17)24-13-15-8-10-22-11-9-15/h2-12H,13H2,1H3. The summed E-state index contributed by atoms with van der Waals surface area (Å²) < 4.78 is 24.6. The highest BCUT2D eigenvalue weighted by Gasteiger charge is 2.14. The molecule has 1 heterocycles. The molecule has 3 aromatic rings. The first-order valence-electron chi connectivity index (χ1n) is 7.72. The van der Waals surface area contributed by atoms with Crippen molar-refractivity contribution in [3.8, 4) is 11.5 Å². The number of ether oxygens (including phenoxy) is 2. The lowest BCUT2D eigenvalue weighted by Crippen LogP contribution is -2.11. The zero-order valence-electron chi connectivity index (χ0n) is 13.6. The van der Waals surface area contributed by atoms with E-state index in [1.165, 1.54) is 12.1 Å². The van der Waals surface area contributed by atoms with Crippen molar-refractivity contribution in [3.63, 3.8) is 0 Å². The third kappa shape index (κ3) is 4.41. The van der Waals surface area contributed by atoms with Crippen LogP contribution >= 0.6 is 0 Å². The van der Waals surface area contributed by atoms with Crippen LogP contribution in [0.5, 0.6) is 11.5 Å². The Hall–Kier alpha value is -3.21. The fourth-order valence-electron chi connectivity index (χ4n) is 2.21. The van der Waals surface area contributed by atoms with E-state index in [4.69, 9.17) is 9.47 Å². The fraction of sp³-hybridized carbons (Fsp3) is 0.100. The third-order valence-electron chi connectivity index (χ3n) is 3.53. The lowest BCUT2D eigenvalue weighted by atomic mass is 10.1. The number of benzene rings is 2. The zero-order chi connectivity index (χ0) is 17.6. The smallest absolute Gasteiger partial charge is 0.346 e. The quantitative estimate of drug-likeness (QED) is 0.514. The summed E-state index contributed by atoms with van der Waals surface area (Å²) in [4.78, 5) is 16.0. The van der Waals surface area contributed by atoms with Crippen molar-refractivity contribution in [2.75, 3.05) is 0 Å². The van der Waals surface area contributed by atoms with Crippen LogP contribution in [0.2, 0.25) is 0 Å². The highest BCUT2D eigenvalue weighted by atomic mass is 19.1. The number of carbonyl (C=O) groups is 1. The van der Waals surface area contributed by atoms with Gasteiger partial charge in [-0.25, -0.2) is 9.18 Å². The SMILES string of the molecule is Cc1ccc(F)c(C(=O)Oc2ccc(OCc3ccncc3)cc2)c1. The number of nitrogens with zero attached hydrogens (tertiary/aromatic N) is 1. The molecule has 2 aromatic carbocycles. The second kappa shape index (κ2) is 7.57. The molecule has 0 aliphatic rings. The number of aromatic nitrogens is 1. The number of esters is 1. The first-order valence-corrected chi connectivity index (χ1v) is 7.72. The van der Waals surface area contributed by atoms with Crippen LogP contribution in [0.25, 0.3) is 0 Å². The van der Waals surface area contributed by atoms with E-state index in [-0.39, 0.29) is 5.56 Å². The monoisotopic (exact) mass is 337 g/mol. The van der Waals surface area contributed by atoms with E-state index in [9.17, 15) is 9.18 Å². The van der Waals surface area contributed by atoms with Gasteiger partial charge < -0.3 is 9.47 Å². The molecular weight excluding hydrogens is 321 g/mol. The van der Waals surface area contributed by atoms with Crippen molar-refractivity contribution in [1.29, 1.82) is 0 Å². The molecule has 0 bridgehead atoms. The Bertz CT molecular complexity index is 864. The molecule has 5 heteroatoms. The van der Waals surface area contributed by atoms with Crippen molar-refractivity contribution in [3.05, 3.63) is 89.5 Å². The van der Waals surface area contributed by atoms with Crippen LogP contribution in [0.1, 0.15) is 21.5 Å². The number of halogens is 1. The second-order valence-corrected chi connectivity index (χ2v) is 5.49.